The SMILES string of the molecule is COc1ccc(CCN2C(=O)N[C@H](CC(=O)NC3CCCCCCC3)C2=O)cc1. The Hall–Kier alpha value is -2.57. The van der Waals surface area contributed by atoms with Crippen molar-refractivity contribution in [3.63, 3.8) is 0 Å². The molecule has 0 spiro atoms. The molecule has 29 heavy (non-hydrogen) atoms. The van der Waals surface area contributed by atoms with Gasteiger partial charge in [-0.3, -0.25) is 14.5 Å². The van der Waals surface area contributed by atoms with Crippen molar-refractivity contribution in [2.75, 3.05) is 13.7 Å². The largest absolute Gasteiger partial charge is 0.497 e. The first-order valence-corrected chi connectivity index (χ1v) is 10.6. The lowest BCUT2D eigenvalue weighted by molar-refractivity contribution is -0.131. The van der Waals surface area contributed by atoms with Gasteiger partial charge < -0.3 is 15.4 Å². The van der Waals surface area contributed by atoms with Crippen LogP contribution in [0, 0.1) is 0 Å². The molecule has 1 aromatic carbocycles. The molecule has 0 bridgehead atoms. The number of carbonyl (C=O) groups excluding carboxylic acids is 3. The van der Waals surface area contributed by atoms with Crippen LogP contribution in [-0.4, -0.2) is 48.5 Å². The maximum atomic E-state index is 12.6. The second kappa shape index (κ2) is 10.3. The molecule has 4 amide bonds. The minimum atomic E-state index is -0.771. The van der Waals surface area contributed by atoms with Gasteiger partial charge in [-0.1, -0.05) is 44.2 Å². The van der Waals surface area contributed by atoms with Gasteiger partial charge in [0.2, 0.25) is 5.91 Å². The van der Waals surface area contributed by atoms with Crippen LogP contribution in [-0.2, 0) is 16.0 Å². The Morgan fingerprint density at radius 2 is 1.76 bits per heavy atom. The van der Waals surface area contributed by atoms with Crippen molar-refractivity contribution in [1.29, 1.82) is 0 Å². The van der Waals surface area contributed by atoms with Gasteiger partial charge >= 0.3 is 6.03 Å². The van der Waals surface area contributed by atoms with Crippen LogP contribution in [0.25, 0.3) is 0 Å². The zero-order chi connectivity index (χ0) is 20.6. The Bertz CT molecular complexity index is 711. The van der Waals surface area contributed by atoms with E-state index in [9.17, 15) is 14.4 Å². The van der Waals surface area contributed by atoms with Gasteiger partial charge in [0, 0.05) is 12.6 Å². The summed E-state index contributed by atoms with van der Waals surface area (Å²) >= 11 is 0. The normalized spacial score (nSPS) is 20.7. The van der Waals surface area contributed by atoms with Crippen molar-refractivity contribution >= 4 is 17.8 Å². The molecular weight excluding hydrogens is 370 g/mol. The lowest BCUT2D eigenvalue weighted by Crippen LogP contribution is -2.41. The topological polar surface area (TPSA) is 87.7 Å². The van der Waals surface area contributed by atoms with E-state index < -0.39 is 12.1 Å². The average Bonchev–Trinajstić information content (AvgIpc) is 2.95. The molecule has 0 radical (unpaired) electrons. The molecule has 158 valence electrons. The zero-order valence-electron chi connectivity index (χ0n) is 17.1. The molecule has 1 saturated heterocycles. The fraction of sp³-hybridized carbons (Fsp3) is 0.591. The second-order valence-electron chi connectivity index (χ2n) is 7.90. The molecule has 1 saturated carbocycles. The quantitative estimate of drug-likeness (QED) is 0.688. The minimum absolute atomic E-state index is 0.000108. The molecule has 2 fully saturated rings. The summed E-state index contributed by atoms with van der Waals surface area (Å²) in [6, 6.07) is 6.52. The predicted molar refractivity (Wildman–Crippen MR) is 110 cm³/mol. The fourth-order valence-corrected chi connectivity index (χ4v) is 4.03. The van der Waals surface area contributed by atoms with E-state index in [0.29, 0.717) is 6.42 Å². The number of imide groups is 1. The highest BCUT2D eigenvalue weighted by atomic mass is 16.5. The van der Waals surface area contributed by atoms with Gasteiger partial charge in [-0.05, 0) is 37.0 Å². The first-order chi connectivity index (χ1) is 14.1. The van der Waals surface area contributed by atoms with Gasteiger partial charge in [0.05, 0.1) is 13.5 Å². The molecule has 7 nitrogen and oxygen atoms in total. The number of ether oxygens (including phenoxy) is 1. The third kappa shape index (κ3) is 5.95. The van der Waals surface area contributed by atoms with Crippen LogP contribution in [0.1, 0.15) is 56.9 Å². The summed E-state index contributed by atoms with van der Waals surface area (Å²) in [5, 5.41) is 5.71. The van der Waals surface area contributed by atoms with Crippen molar-refractivity contribution in [2.24, 2.45) is 0 Å². The lowest BCUT2D eigenvalue weighted by Gasteiger charge is -2.21. The van der Waals surface area contributed by atoms with Gasteiger partial charge in [-0.2, -0.15) is 0 Å². The summed E-state index contributed by atoms with van der Waals surface area (Å²) in [4.78, 5) is 38.4. The number of hydrogen-bond acceptors (Lipinski definition) is 4. The number of urea groups is 1. The molecule has 0 aromatic heterocycles. The average molecular weight is 402 g/mol. The monoisotopic (exact) mass is 401 g/mol. The highest BCUT2D eigenvalue weighted by Crippen LogP contribution is 2.18. The molecule has 1 atom stereocenters. The van der Waals surface area contributed by atoms with E-state index in [1.54, 1.807) is 7.11 Å². The Morgan fingerprint density at radius 1 is 1.10 bits per heavy atom. The predicted octanol–water partition coefficient (Wildman–Crippen LogP) is 2.78. The van der Waals surface area contributed by atoms with Crippen LogP contribution in [0.3, 0.4) is 0 Å². The molecule has 1 heterocycles. The first kappa shape index (κ1) is 21.1. The summed E-state index contributed by atoms with van der Waals surface area (Å²) in [6.07, 6.45) is 8.50. The van der Waals surface area contributed by atoms with E-state index in [1.165, 1.54) is 24.2 Å². The fourth-order valence-electron chi connectivity index (χ4n) is 4.03. The van der Waals surface area contributed by atoms with Crippen molar-refractivity contribution in [2.45, 2.75) is 69.9 Å². The third-order valence-electron chi connectivity index (χ3n) is 5.75. The number of rotatable bonds is 7. The van der Waals surface area contributed by atoms with E-state index in [-0.39, 0.29) is 30.8 Å². The second-order valence-corrected chi connectivity index (χ2v) is 7.90. The molecule has 1 aliphatic carbocycles. The number of nitrogens with one attached hydrogen (secondary N) is 2. The summed E-state index contributed by atoms with van der Waals surface area (Å²) in [5.74, 6) is 0.279. The highest BCUT2D eigenvalue weighted by molar-refractivity contribution is 6.05. The Balaban J connectivity index is 1.47. The van der Waals surface area contributed by atoms with Gasteiger partial charge in [0.15, 0.2) is 0 Å². The number of amides is 4. The van der Waals surface area contributed by atoms with E-state index in [1.807, 2.05) is 24.3 Å². The van der Waals surface area contributed by atoms with Crippen molar-refractivity contribution in [3.8, 4) is 5.75 Å². The van der Waals surface area contributed by atoms with E-state index >= 15 is 0 Å². The van der Waals surface area contributed by atoms with Crippen molar-refractivity contribution in [3.05, 3.63) is 29.8 Å². The highest BCUT2D eigenvalue weighted by Gasteiger charge is 2.38. The lowest BCUT2D eigenvalue weighted by atomic mass is 9.96. The third-order valence-corrected chi connectivity index (χ3v) is 5.75. The van der Waals surface area contributed by atoms with Crippen molar-refractivity contribution < 1.29 is 19.1 Å². The number of benzene rings is 1. The van der Waals surface area contributed by atoms with E-state index in [0.717, 1.165) is 37.0 Å². The summed E-state index contributed by atoms with van der Waals surface area (Å²) in [7, 11) is 1.61. The molecule has 3 rings (SSSR count). The van der Waals surface area contributed by atoms with Gasteiger partial charge in [0.1, 0.15) is 11.8 Å². The number of hydrogen-bond donors (Lipinski definition) is 2. The molecule has 0 unspecified atom stereocenters. The smallest absolute Gasteiger partial charge is 0.324 e. The summed E-state index contributed by atoms with van der Waals surface area (Å²) in [5.41, 5.74) is 1.01. The van der Waals surface area contributed by atoms with Crippen LogP contribution < -0.4 is 15.4 Å². The summed E-state index contributed by atoms with van der Waals surface area (Å²) in [6.45, 7) is 0.289. The molecule has 1 aliphatic heterocycles. The molecule has 2 N–H and O–H groups in total. The molecule has 7 heteroatoms. The van der Waals surface area contributed by atoms with Crippen LogP contribution in [0.2, 0.25) is 0 Å². The van der Waals surface area contributed by atoms with Crippen molar-refractivity contribution in [1.82, 2.24) is 15.5 Å². The van der Waals surface area contributed by atoms with Crippen LogP contribution >= 0.6 is 0 Å². The number of methoxy groups -OCH3 is 1. The number of nitrogens with zero attached hydrogens (tertiary/aromatic N) is 1. The molecular formula is C22H31N3O4. The van der Waals surface area contributed by atoms with E-state index in [2.05, 4.69) is 10.6 Å². The maximum absolute atomic E-state index is 12.6. The molecule has 1 aromatic rings. The van der Waals surface area contributed by atoms with Gasteiger partial charge in [-0.25, -0.2) is 4.79 Å². The van der Waals surface area contributed by atoms with Crippen LogP contribution in [0.15, 0.2) is 24.3 Å². The zero-order valence-corrected chi connectivity index (χ0v) is 17.1. The van der Waals surface area contributed by atoms with Crippen LogP contribution in [0.5, 0.6) is 5.75 Å². The van der Waals surface area contributed by atoms with Gasteiger partial charge in [-0.15, -0.1) is 0 Å². The Kier molecular flexibility index (Phi) is 7.49. The maximum Gasteiger partial charge on any atom is 0.324 e. The Labute approximate surface area is 172 Å². The Morgan fingerprint density at radius 3 is 2.41 bits per heavy atom. The summed E-state index contributed by atoms with van der Waals surface area (Å²) < 4.78 is 5.13. The first-order valence-electron chi connectivity index (χ1n) is 10.6. The van der Waals surface area contributed by atoms with Gasteiger partial charge in [0.25, 0.3) is 5.91 Å². The standard InChI is InChI=1S/C22H31N3O4/c1-29-18-11-9-16(10-12-18)13-14-25-21(27)19(24-22(25)28)15-20(26)23-17-7-5-3-2-4-6-8-17/h9-12,17,19H,2-8,13-15H2,1H3,(H,23,26)(H,24,28)/t19-/m1/s1. The van der Waals surface area contributed by atoms with Crippen LogP contribution in [0.4, 0.5) is 4.79 Å². The van der Waals surface area contributed by atoms with E-state index in [4.69, 9.17) is 4.74 Å². The number of carbonyl (C=O) groups is 3. The molecule has 2 aliphatic rings. The minimum Gasteiger partial charge on any atom is -0.497 e.